The first-order valence-electron chi connectivity index (χ1n) is 12.1. The summed E-state index contributed by atoms with van der Waals surface area (Å²) in [7, 11) is 3.00. The number of likely N-dealkylation sites (tertiary alicyclic amines) is 1. The van der Waals surface area contributed by atoms with Crippen molar-refractivity contribution in [2.75, 3.05) is 20.8 Å². The first-order chi connectivity index (χ1) is 18.0. The van der Waals surface area contributed by atoms with E-state index in [1.165, 1.54) is 19.1 Å². The molecule has 0 spiro atoms. The second kappa shape index (κ2) is 11.6. The number of amides is 1. The summed E-state index contributed by atoms with van der Waals surface area (Å²) in [6.45, 7) is 2.85. The number of carbonyl (C=O) groups excluding carboxylic acids is 2. The van der Waals surface area contributed by atoms with Gasteiger partial charge in [0.2, 0.25) is 0 Å². The first kappa shape index (κ1) is 25.8. The van der Waals surface area contributed by atoms with E-state index in [4.69, 9.17) is 14.2 Å². The molecule has 3 aromatic rings. The molecule has 2 heterocycles. The quantitative estimate of drug-likeness (QED) is 0.182. The minimum absolute atomic E-state index is 0.000705. The number of benzene rings is 2. The summed E-state index contributed by atoms with van der Waals surface area (Å²) in [5.74, 6) is -0.182. The number of pyridine rings is 1. The zero-order valence-corrected chi connectivity index (χ0v) is 21.1. The van der Waals surface area contributed by atoms with Gasteiger partial charge in [-0.2, -0.15) is 0 Å². The Hall–Kier alpha value is -4.33. The van der Waals surface area contributed by atoms with Gasteiger partial charge in [-0.25, -0.2) is 0 Å². The third-order valence-electron chi connectivity index (χ3n) is 6.24. The second-order valence-corrected chi connectivity index (χ2v) is 8.63. The maximum Gasteiger partial charge on any atom is 0.295 e. The van der Waals surface area contributed by atoms with E-state index >= 15 is 0 Å². The van der Waals surface area contributed by atoms with E-state index in [0.717, 1.165) is 18.4 Å². The molecule has 2 aromatic carbocycles. The van der Waals surface area contributed by atoms with Crippen LogP contribution in [0.1, 0.15) is 42.5 Å². The summed E-state index contributed by atoms with van der Waals surface area (Å²) in [5, 5.41) is 11.4. The number of carbonyl (C=O) groups is 2. The highest BCUT2D eigenvalue weighted by molar-refractivity contribution is 6.46. The van der Waals surface area contributed by atoms with Crippen molar-refractivity contribution >= 4 is 17.4 Å². The van der Waals surface area contributed by atoms with E-state index in [0.29, 0.717) is 35.0 Å². The summed E-state index contributed by atoms with van der Waals surface area (Å²) in [5.41, 5.74) is 1.77. The number of aliphatic hydroxyl groups is 1. The van der Waals surface area contributed by atoms with Gasteiger partial charge in [0.25, 0.3) is 11.7 Å². The fraction of sp³-hybridized carbons (Fsp3) is 0.276. The van der Waals surface area contributed by atoms with Gasteiger partial charge in [0.15, 0.2) is 11.5 Å². The largest absolute Gasteiger partial charge is 0.507 e. The summed E-state index contributed by atoms with van der Waals surface area (Å²) >= 11 is 0. The van der Waals surface area contributed by atoms with Crippen molar-refractivity contribution in [2.24, 2.45) is 0 Å². The second-order valence-electron chi connectivity index (χ2n) is 8.63. The molecule has 8 heteroatoms. The van der Waals surface area contributed by atoms with Crippen LogP contribution in [0.3, 0.4) is 0 Å². The number of nitrogens with zero attached hydrogens (tertiary/aromatic N) is 2. The van der Waals surface area contributed by atoms with Crippen LogP contribution in [0.25, 0.3) is 5.76 Å². The maximum atomic E-state index is 13.3. The highest BCUT2D eigenvalue weighted by atomic mass is 16.5. The Morgan fingerprint density at radius 3 is 2.43 bits per heavy atom. The highest BCUT2D eigenvalue weighted by Crippen LogP contribution is 2.41. The Morgan fingerprint density at radius 1 is 1.03 bits per heavy atom. The Labute approximate surface area is 216 Å². The van der Waals surface area contributed by atoms with Gasteiger partial charge in [0, 0.05) is 24.5 Å². The molecule has 0 saturated carbocycles. The van der Waals surface area contributed by atoms with Crippen molar-refractivity contribution in [1.82, 2.24) is 9.88 Å². The van der Waals surface area contributed by atoms with Crippen LogP contribution in [0.5, 0.6) is 17.2 Å². The van der Waals surface area contributed by atoms with E-state index in [1.54, 1.807) is 36.7 Å². The third kappa shape index (κ3) is 5.43. The molecular formula is C29H30N2O6. The van der Waals surface area contributed by atoms with Gasteiger partial charge in [-0.05, 0) is 53.9 Å². The van der Waals surface area contributed by atoms with Crippen LogP contribution in [0.15, 0.2) is 72.6 Å². The number of ketones is 1. The fourth-order valence-electron chi connectivity index (χ4n) is 4.30. The molecule has 1 amide bonds. The smallest absolute Gasteiger partial charge is 0.295 e. The predicted octanol–water partition coefficient (Wildman–Crippen LogP) is 4.90. The minimum Gasteiger partial charge on any atom is -0.507 e. The van der Waals surface area contributed by atoms with E-state index in [-0.39, 0.29) is 17.9 Å². The molecule has 8 nitrogen and oxygen atoms in total. The summed E-state index contributed by atoms with van der Waals surface area (Å²) in [6, 6.07) is 14.9. The SMILES string of the molecule is CCCCOc1ccc([C@H]2C(=C(O)c3ccc(OC)c(OC)c3)C(=O)C(=O)N2Cc2cccnc2)cc1. The zero-order valence-electron chi connectivity index (χ0n) is 21.1. The van der Waals surface area contributed by atoms with Crippen LogP contribution in [-0.2, 0) is 16.1 Å². The van der Waals surface area contributed by atoms with Crippen molar-refractivity contribution in [3.63, 3.8) is 0 Å². The molecule has 37 heavy (non-hydrogen) atoms. The molecule has 0 unspecified atom stereocenters. The van der Waals surface area contributed by atoms with E-state index in [9.17, 15) is 14.7 Å². The lowest BCUT2D eigenvalue weighted by molar-refractivity contribution is -0.140. The van der Waals surface area contributed by atoms with Crippen molar-refractivity contribution < 1.29 is 28.9 Å². The molecule has 0 bridgehead atoms. The first-order valence-corrected chi connectivity index (χ1v) is 12.1. The van der Waals surface area contributed by atoms with E-state index in [2.05, 4.69) is 11.9 Å². The lowest BCUT2D eigenvalue weighted by Crippen LogP contribution is -2.29. The highest BCUT2D eigenvalue weighted by Gasteiger charge is 2.46. The molecule has 1 saturated heterocycles. The van der Waals surface area contributed by atoms with Crippen LogP contribution in [0.4, 0.5) is 0 Å². The molecule has 1 atom stereocenters. The number of hydrogen-bond donors (Lipinski definition) is 1. The molecule has 1 N–H and O–H groups in total. The lowest BCUT2D eigenvalue weighted by atomic mass is 9.95. The molecule has 192 valence electrons. The Morgan fingerprint density at radius 2 is 1.78 bits per heavy atom. The van der Waals surface area contributed by atoms with Gasteiger partial charge in [-0.1, -0.05) is 31.5 Å². The van der Waals surface area contributed by atoms with Gasteiger partial charge < -0.3 is 24.2 Å². The Balaban J connectivity index is 1.79. The van der Waals surface area contributed by atoms with Crippen molar-refractivity contribution in [3.05, 3.63) is 89.3 Å². The third-order valence-corrected chi connectivity index (χ3v) is 6.24. The van der Waals surface area contributed by atoms with Crippen molar-refractivity contribution in [2.45, 2.75) is 32.4 Å². The number of methoxy groups -OCH3 is 2. The number of unbranched alkanes of at least 4 members (excludes halogenated alkanes) is 1. The van der Waals surface area contributed by atoms with Crippen molar-refractivity contribution in [1.29, 1.82) is 0 Å². The Kier molecular flexibility index (Phi) is 8.08. The molecule has 0 aliphatic carbocycles. The van der Waals surface area contributed by atoms with Crippen LogP contribution in [0.2, 0.25) is 0 Å². The molecule has 1 aliphatic rings. The summed E-state index contributed by atoms with van der Waals surface area (Å²) in [4.78, 5) is 32.1. The molecule has 1 fully saturated rings. The van der Waals surface area contributed by atoms with Crippen LogP contribution < -0.4 is 14.2 Å². The van der Waals surface area contributed by atoms with Crippen molar-refractivity contribution in [3.8, 4) is 17.2 Å². The van der Waals surface area contributed by atoms with Gasteiger partial charge in [-0.15, -0.1) is 0 Å². The summed E-state index contributed by atoms with van der Waals surface area (Å²) in [6.07, 6.45) is 5.26. The standard InChI is InChI=1S/C29H30N2O6/c1-4-5-15-37-22-11-8-20(9-12-22)26-25(27(32)21-10-13-23(35-2)24(16-21)36-3)28(33)29(34)31(26)18-19-7-6-14-30-17-19/h6-14,16-17,26,32H,4-5,15,18H2,1-3H3/t26-/m0/s1. The van der Waals surface area contributed by atoms with Gasteiger partial charge in [0.1, 0.15) is 11.5 Å². The normalized spacial score (nSPS) is 16.6. The predicted molar refractivity (Wildman–Crippen MR) is 138 cm³/mol. The molecule has 4 rings (SSSR count). The average molecular weight is 503 g/mol. The number of aliphatic hydroxyl groups excluding tert-OH is 1. The van der Waals surface area contributed by atoms with Gasteiger partial charge in [0.05, 0.1) is 32.4 Å². The van der Waals surface area contributed by atoms with Gasteiger partial charge in [-0.3, -0.25) is 14.6 Å². The number of ether oxygens (including phenoxy) is 3. The summed E-state index contributed by atoms with van der Waals surface area (Å²) < 4.78 is 16.4. The number of Topliss-reactive ketones (excluding diaryl/α,β-unsaturated/α-hetero) is 1. The zero-order chi connectivity index (χ0) is 26.4. The van der Waals surface area contributed by atoms with Crippen LogP contribution in [-0.4, -0.2) is 47.5 Å². The number of aromatic nitrogens is 1. The Bertz CT molecular complexity index is 1290. The minimum atomic E-state index is -0.807. The van der Waals surface area contributed by atoms with E-state index < -0.39 is 17.7 Å². The maximum absolute atomic E-state index is 13.3. The topological polar surface area (TPSA) is 98.2 Å². The molecule has 1 aliphatic heterocycles. The number of rotatable bonds is 10. The fourth-order valence-corrected chi connectivity index (χ4v) is 4.30. The average Bonchev–Trinajstić information content (AvgIpc) is 3.18. The van der Waals surface area contributed by atoms with E-state index in [1.807, 2.05) is 30.3 Å². The van der Waals surface area contributed by atoms with Gasteiger partial charge >= 0.3 is 0 Å². The monoisotopic (exact) mass is 502 g/mol. The molecule has 0 radical (unpaired) electrons. The molecule has 1 aromatic heterocycles. The number of hydrogen-bond acceptors (Lipinski definition) is 7. The van der Waals surface area contributed by atoms with Crippen LogP contribution >= 0.6 is 0 Å². The molecular weight excluding hydrogens is 472 g/mol. The lowest BCUT2D eigenvalue weighted by Gasteiger charge is -2.25. The van der Waals surface area contributed by atoms with Crippen LogP contribution in [0, 0.1) is 0 Å².